The average Bonchev–Trinajstić information content (AvgIpc) is 2.77. The second-order valence-electron chi connectivity index (χ2n) is 6.04. The molecule has 110 valence electrons. The Morgan fingerprint density at radius 3 is 2.65 bits per heavy atom. The third-order valence-corrected chi connectivity index (χ3v) is 4.28. The molecule has 1 fully saturated rings. The number of carbonyl (C=O) groups excluding carboxylic acids is 1. The summed E-state index contributed by atoms with van der Waals surface area (Å²) in [5, 5.41) is 13.3. The molecule has 0 aromatic heterocycles. The Labute approximate surface area is 120 Å². The standard InChI is InChI=1S/C16H23NO3/c1-12-16(19,9-10-20-12)11-17-14(18)15(2,3)13-7-5-4-6-8-13/h4-8,12,19H,9-11H2,1-3H3,(H,17,18). The minimum absolute atomic E-state index is 0.0868. The van der Waals surface area contributed by atoms with Gasteiger partial charge in [-0.3, -0.25) is 4.79 Å². The van der Waals surface area contributed by atoms with Crippen LogP contribution in [-0.2, 0) is 14.9 Å². The first-order valence-corrected chi connectivity index (χ1v) is 7.04. The van der Waals surface area contributed by atoms with Crippen LogP contribution in [0.5, 0.6) is 0 Å². The molecule has 4 nitrogen and oxygen atoms in total. The molecule has 2 atom stereocenters. The average molecular weight is 277 g/mol. The molecule has 0 radical (unpaired) electrons. The number of hydrogen-bond donors (Lipinski definition) is 2. The number of benzene rings is 1. The number of nitrogens with one attached hydrogen (secondary N) is 1. The van der Waals surface area contributed by atoms with Crippen molar-refractivity contribution in [1.29, 1.82) is 0 Å². The van der Waals surface area contributed by atoms with Crippen LogP contribution < -0.4 is 5.32 Å². The van der Waals surface area contributed by atoms with E-state index in [1.165, 1.54) is 0 Å². The van der Waals surface area contributed by atoms with Crippen LogP contribution >= 0.6 is 0 Å². The maximum Gasteiger partial charge on any atom is 0.230 e. The van der Waals surface area contributed by atoms with Crippen molar-refractivity contribution >= 4 is 5.91 Å². The first kappa shape index (κ1) is 15.0. The van der Waals surface area contributed by atoms with Gasteiger partial charge in [-0.15, -0.1) is 0 Å². The molecule has 1 aromatic rings. The molecule has 0 aliphatic carbocycles. The van der Waals surface area contributed by atoms with Crippen molar-refractivity contribution in [2.45, 2.75) is 44.3 Å². The molecule has 2 N–H and O–H groups in total. The zero-order valence-electron chi connectivity index (χ0n) is 12.3. The quantitative estimate of drug-likeness (QED) is 0.879. The minimum atomic E-state index is -0.956. The maximum atomic E-state index is 12.4. The molecule has 2 unspecified atom stereocenters. The Morgan fingerprint density at radius 1 is 1.45 bits per heavy atom. The van der Waals surface area contributed by atoms with E-state index in [4.69, 9.17) is 4.74 Å². The van der Waals surface area contributed by atoms with Crippen LogP contribution in [0.25, 0.3) is 0 Å². The summed E-state index contributed by atoms with van der Waals surface area (Å²) in [6, 6.07) is 9.65. The van der Waals surface area contributed by atoms with Crippen molar-refractivity contribution < 1.29 is 14.6 Å². The van der Waals surface area contributed by atoms with Crippen molar-refractivity contribution in [2.75, 3.05) is 13.2 Å². The normalized spacial score (nSPS) is 26.5. The van der Waals surface area contributed by atoms with E-state index in [-0.39, 0.29) is 18.6 Å². The van der Waals surface area contributed by atoms with Crippen LogP contribution in [0, 0.1) is 0 Å². The van der Waals surface area contributed by atoms with Crippen molar-refractivity contribution in [1.82, 2.24) is 5.32 Å². The lowest BCUT2D eigenvalue weighted by Crippen LogP contribution is -2.51. The number of rotatable bonds is 4. The van der Waals surface area contributed by atoms with Crippen LogP contribution in [0.2, 0.25) is 0 Å². The number of aliphatic hydroxyl groups is 1. The Morgan fingerprint density at radius 2 is 2.10 bits per heavy atom. The zero-order valence-corrected chi connectivity index (χ0v) is 12.3. The zero-order chi connectivity index (χ0) is 14.8. The second kappa shape index (κ2) is 5.54. The maximum absolute atomic E-state index is 12.4. The topological polar surface area (TPSA) is 58.6 Å². The Bertz CT molecular complexity index is 472. The van der Waals surface area contributed by atoms with Gasteiger partial charge in [0.2, 0.25) is 5.91 Å². The first-order valence-electron chi connectivity index (χ1n) is 7.04. The molecule has 1 aromatic carbocycles. The van der Waals surface area contributed by atoms with E-state index >= 15 is 0 Å². The summed E-state index contributed by atoms with van der Waals surface area (Å²) in [5.74, 6) is -0.0868. The molecular formula is C16H23NO3. The van der Waals surface area contributed by atoms with Gasteiger partial charge in [-0.25, -0.2) is 0 Å². The van der Waals surface area contributed by atoms with Gasteiger partial charge in [0.1, 0.15) is 5.60 Å². The van der Waals surface area contributed by atoms with Crippen LogP contribution in [0.4, 0.5) is 0 Å². The molecule has 2 rings (SSSR count). The summed E-state index contributed by atoms with van der Waals surface area (Å²) in [6.45, 7) is 6.37. The van der Waals surface area contributed by atoms with Gasteiger partial charge < -0.3 is 15.2 Å². The van der Waals surface area contributed by atoms with Gasteiger partial charge in [-0.1, -0.05) is 30.3 Å². The molecule has 1 amide bonds. The van der Waals surface area contributed by atoms with E-state index < -0.39 is 11.0 Å². The molecule has 1 aliphatic rings. The molecule has 0 bridgehead atoms. The van der Waals surface area contributed by atoms with Crippen LogP contribution in [0.1, 0.15) is 32.8 Å². The summed E-state index contributed by atoms with van der Waals surface area (Å²) >= 11 is 0. The molecular weight excluding hydrogens is 254 g/mol. The van der Waals surface area contributed by atoms with Crippen LogP contribution in [0.3, 0.4) is 0 Å². The third kappa shape index (κ3) is 2.86. The van der Waals surface area contributed by atoms with E-state index in [1.807, 2.05) is 51.1 Å². The Kier molecular flexibility index (Phi) is 4.16. The van der Waals surface area contributed by atoms with E-state index in [9.17, 15) is 9.90 Å². The fourth-order valence-corrected chi connectivity index (χ4v) is 2.44. The minimum Gasteiger partial charge on any atom is -0.385 e. The van der Waals surface area contributed by atoms with Crippen molar-refractivity contribution in [3.63, 3.8) is 0 Å². The van der Waals surface area contributed by atoms with E-state index in [2.05, 4.69) is 5.32 Å². The van der Waals surface area contributed by atoms with Gasteiger partial charge in [0.05, 0.1) is 11.5 Å². The van der Waals surface area contributed by atoms with E-state index in [1.54, 1.807) is 0 Å². The lowest BCUT2D eigenvalue weighted by atomic mass is 9.83. The van der Waals surface area contributed by atoms with Gasteiger partial charge in [0.15, 0.2) is 0 Å². The molecule has 0 saturated carbocycles. The van der Waals surface area contributed by atoms with Gasteiger partial charge in [-0.05, 0) is 26.3 Å². The highest BCUT2D eigenvalue weighted by Crippen LogP contribution is 2.26. The number of ether oxygens (including phenoxy) is 1. The number of hydrogen-bond acceptors (Lipinski definition) is 3. The molecule has 4 heteroatoms. The Balaban J connectivity index is 2.01. The summed E-state index contributed by atoms with van der Waals surface area (Å²) in [4.78, 5) is 12.4. The van der Waals surface area contributed by atoms with Gasteiger partial charge in [0.25, 0.3) is 0 Å². The largest absolute Gasteiger partial charge is 0.385 e. The highest BCUT2D eigenvalue weighted by atomic mass is 16.5. The summed E-state index contributed by atoms with van der Waals surface area (Å²) in [5.41, 5.74) is -0.622. The van der Waals surface area contributed by atoms with Crippen LogP contribution in [0.15, 0.2) is 30.3 Å². The SMILES string of the molecule is CC1OCCC1(O)CNC(=O)C(C)(C)c1ccccc1. The molecule has 1 heterocycles. The van der Waals surface area contributed by atoms with Crippen molar-refractivity contribution in [2.24, 2.45) is 0 Å². The molecule has 20 heavy (non-hydrogen) atoms. The predicted molar refractivity (Wildman–Crippen MR) is 77.5 cm³/mol. The lowest BCUT2D eigenvalue weighted by molar-refractivity contribution is -0.127. The highest BCUT2D eigenvalue weighted by molar-refractivity contribution is 5.87. The smallest absolute Gasteiger partial charge is 0.230 e. The molecule has 1 aliphatic heterocycles. The van der Waals surface area contributed by atoms with Crippen LogP contribution in [-0.4, -0.2) is 35.9 Å². The van der Waals surface area contributed by atoms with Gasteiger partial charge in [-0.2, -0.15) is 0 Å². The fraction of sp³-hybridized carbons (Fsp3) is 0.562. The molecule has 1 saturated heterocycles. The van der Waals surface area contributed by atoms with E-state index in [0.717, 1.165) is 5.56 Å². The summed E-state index contributed by atoms with van der Waals surface area (Å²) in [7, 11) is 0. The highest BCUT2D eigenvalue weighted by Gasteiger charge is 2.41. The first-order chi connectivity index (χ1) is 9.36. The van der Waals surface area contributed by atoms with Gasteiger partial charge >= 0.3 is 0 Å². The van der Waals surface area contributed by atoms with Crippen molar-refractivity contribution in [3.05, 3.63) is 35.9 Å². The second-order valence-corrected chi connectivity index (χ2v) is 6.04. The van der Waals surface area contributed by atoms with E-state index in [0.29, 0.717) is 13.0 Å². The lowest BCUT2D eigenvalue weighted by Gasteiger charge is -2.30. The number of amides is 1. The fourth-order valence-electron chi connectivity index (χ4n) is 2.44. The predicted octanol–water partition coefficient (Wildman–Crippen LogP) is 1.62. The third-order valence-electron chi connectivity index (χ3n) is 4.28. The monoisotopic (exact) mass is 277 g/mol. The summed E-state index contributed by atoms with van der Waals surface area (Å²) in [6.07, 6.45) is 0.308. The summed E-state index contributed by atoms with van der Waals surface area (Å²) < 4.78 is 5.37. The molecule has 0 spiro atoms. The van der Waals surface area contributed by atoms with Crippen molar-refractivity contribution in [3.8, 4) is 0 Å². The van der Waals surface area contributed by atoms with Gasteiger partial charge in [0, 0.05) is 19.6 Å². The number of carbonyl (C=O) groups is 1. The Hall–Kier alpha value is -1.39.